The Balaban J connectivity index is 2.16. The van der Waals surface area contributed by atoms with Gasteiger partial charge in [0.2, 0.25) is 0 Å². The first kappa shape index (κ1) is 14.1. The molecule has 1 heterocycles. The van der Waals surface area contributed by atoms with Gasteiger partial charge in [0.05, 0.1) is 0 Å². The number of hydrogen-bond donors (Lipinski definition) is 2. The summed E-state index contributed by atoms with van der Waals surface area (Å²) in [5.41, 5.74) is 6.80. The Kier molecular flexibility index (Phi) is 3.25. The highest BCUT2D eigenvalue weighted by molar-refractivity contribution is 5.93. The van der Waals surface area contributed by atoms with Gasteiger partial charge in [-0.2, -0.15) is 0 Å². The van der Waals surface area contributed by atoms with Gasteiger partial charge in [-0.05, 0) is 19.1 Å². The number of nitrogens with one attached hydrogen (secondary N) is 1. The molecule has 0 radical (unpaired) electrons. The van der Waals surface area contributed by atoms with Crippen LogP contribution >= 0.6 is 0 Å². The van der Waals surface area contributed by atoms with Crippen LogP contribution in [0.1, 0.15) is 45.1 Å². The number of amides is 1. The lowest BCUT2D eigenvalue weighted by molar-refractivity contribution is -0.0664. The Morgan fingerprint density at radius 1 is 1.37 bits per heavy atom. The van der Waals surface area contributed by atoms with Crippen molar-refractivity contribution in [2.45, 2.75) is 53.2 Å². The van der Waals surface area contributed by atoms with E-state index in [9.17, 15) is 4.79 Å². The molecule has 0 spiro atoms. The molecule has 0 saturated heterocycles. The van der Waals surface area contributed by atoms with E-state index in [4.69, 9.17) is 5.73 Å². The predicted molar refractivity (Wildman–Crippen MR) is 76.9 cm³/mol. The number of carbonyl (C=O) groups excluding carboxylic acids is 1. The van der Waals surface area contributed by atoms with Crippen LogP contribution in [0.4, 0.5) is 0 Å². The van der Waals surface area contributed by atoms with Crippen LogP contribution in [0.5, 0.6) is 0 Å². The Morgan fingerprint density at radius 2 is 1.95 bits per heavy atom. The van der Waals surface area contributed by atoms with Crippen LogP contribution in [0.2, 0.25) is 0 Å². The van der Waals surface area contributed by atoms with Crippen LogP contribution in [0.3, 0.4) is 0 Å². The van der Waals surface area contributed by atoms with E-state index in [-0.39, 0.29) is 28.8 Å². The summed E-state index contributed by atoms with van der Waals surface area (Å²) in [7, 11) is 0. The number of aromatic nitrogens is 1. The van der Waals surface area contributed by atoms with Gasteiger partial charge < -0.3 is 15.6 Å². The van der Waals surface area contributed by atoms with Crippen LogP contribution in [0.15, 0.2) is 18.3 Å². The predicted octanol–water partition coefficient (Wildman–Crippen LogP) is 2.00. The fraction of sp³-hybridized carbons (Fsp3) is 0.667. The Morgan fingerprint density at radius 3 is 2.47 bits per heavy atom. The summed E-state index contributed by atoms with van der Waals surface area (Å²) < 4.78 is 1.95. The lowest BCUT2D eigenvalue weighted by Gasteiger charge is -2.62. The Labute approximate surface area is 115 Å². The Hall–Kier alpha value is -1.29. The summed E-state index contributed by atoms with van der Waals surface area (Å²) in [6.07, 6.45) is 1.93. The topological polar surface area (TPSA) is 60.0 Å². The zero-order valence-electron chi connectivity index (χ0n) is 12.5. The minimum Gasteiger partial charge on any atom is -0.347 e. The van der Waals surface area contributed by atoms with Gasteiger partial charge in [-0.15, -0.1) is 0 Å². The molecule has 1 fully saturated rings. The van der Waals surface area contributed by atoms with E-state index in [1.165, 1.54) is 0 Å². The fourth-order valence-corrected chi connectivity index (χ4v) is 3.65. The summed E-state index contributed by atoms with van der Waals surface area (Å²) in [5, 5.41) is 3.16. The molecule has 4 heteroatoms. The van der Waals surface area contributed by atoms with E-state index in [0.717, 1.165) is 12.2 Å². The van der Waals surface area contributed by atoms with Crippen LogP contribution in [0.25, 0.3) is 0 Å². The van der Waals surface area contributed by atoms with Crippen molar-refractivity contribution in [1.29, 1.82) is 0 Å². The highest BCUT2D eigenvalue weighted by Crippen LogP contribution is 2.52. The molecule has 1 aliphatic carbocycles. The highest BCUT2D eigenvalue weighted by Gasteiger charge is 2.60. The molecule has 19 heavy (non-hydrogen) atoms. The molecule has 0 atom stereocenters. The normalized spacial score (nSPS) is 27.7. The van der Waals surface area contributed by atoms with E-state index in [2.05, 4.69) is 33.0 Å². The van der Waals surface area contributed by atoms with Crippen molar-refractivity contribution < 1.29 is 4.79 Å². The zero-order valence-corrected chi connectivity index (χ0v) is 12.5. The van der Waals surface area contributed by atoms with Crippen molar-refractivity contribution in [2.75, 3.05) is 0 Å². The molecular formula is C15H25N3O. The molecule has 0 unspecified atom stereocenters. The number of rotatable bonds is 3. The molecule has 1 aromatic heterocycles. The molecule has 0 aliphatic heterocycles. The average Bonchev–Trinajstić information content (AvgIpc) is 2.82. The van der Waals surface area contributed by atoms with Crippen molar-refractivity contribution in [3.63, 3.8) is 0 Å². The van der Waals surface area contributed by atoms with Gasteiger partial charge in [-0.25, -0.2) is 0 Å². The van der Waals surface area contributed by atoms with Crippen LogP contribution < -0.4 is 11.1 Å². The second-order valence-corrected chi connectivity index (χ2v) is 6.71. The second-order valence-electron chi connectivity index (χ2n) is 6.71. The van der Waals surface area contributed by atoms with Gasteiger partial charge in [0.1, 0.15) is 5.69 Å². The molecule has 0 aromatic carbocycles. The second kappa shape index (κ2) is 4.37. The molecule has 2 rings (SSSR count). The summed E-state index contributed by atoms with van der Waals surface area (Å²) in [4.78, 5) is 12.4. The van der Waals surface area contributed by atoms with E-state index in [0.29, 0.717) is 0 Å². The monoisotopic (exact) mass is 263 g/mol. The van der Waals surface area contributed by atoms with E-state index in [1.54, 1.807) is 0 Å². The maximum absolute atomic E-state index is 12.4. The molecule has 1 amide bonds. The van der Waals surface area contributed by atoms with Gasteiger partial charge in [0.25, 0.3) is 5.91 Å². The van der Waals surface area contributed by atoms with Gasteiger partial charge in [0.15, 0.2) is 0 Å². The first-order chi connectivity index (χ1) is 8.72. The molecule has 1 aliphatic rings. The van der Waals surface area contributed by atoms with Crippen LogP contribution in [0, 0.1) is 10.8 Å². The minimum atomic E-state index is -0.0667. The first-order valence-electron chi connectivity index (χ1n) is 6.94. The van der Waals surface area contributed by atoms with Crippen molar-refractivity contribution in [2.24, 2.45) is 16.6 Å². The number of nitrogens with two attached hydrogens (primary N) is 1. The SMILES string of the molecule is CCn1cccc1C(=O)NC1C(C)(C)C(N)C1(C)C. The maximum atomic E-state index is 12.4. The van der Waals surface area contributed by atoms with Crippen LogP contribution in [-0.4, -0.2) is 22.6 Å². The van der Waals surface area contributed by atoms with Gasteiger partial charge >= 0.3 is 0 Å². The number of nitrogens with zero attached hydrogens (tertiary/aromatic N) is 1. The molecule has 1 saturated carbocycles. The summed E-state index contributed by atoms with van der Waals surface area (Å²) in [6.45, 7) is 11.3. The van der Waals surface area contributed by atoms with Crippen molar-refractivity contribution in [1.82, 2.24) is 9.88 Å². The summed E-state index contributed by atoms with van der Waals surface area (Å²) in [5.74, 6) is -0.00935. The van der Waals surface area contributed by atoms with Gasteiger partial charge in [-0.3, -0.25) is 4.79 Å². The van der Waals surface area contributed by atoms with Gasteiger partial charge in [-0.1, -0.05) is 27.7 Å². The lowest BCUT2D eigenvalue weighted by Crippen LogP contribution is -2.76. The smallest absolute Gasteiger partial charge is 0.268 e. The number of hydrogen-bond acceptors (Lipinski definition) is 2. The van der Waals surface area contributed by atoms with E-state index >= 15 is 0 Å². The molecule has 106 valence electrons. The molecule has 1 aromatic rings. The summed E-state index contributed by atoms with van der Waals surface area (Å²) in [6, 6.07) is 3.96. The third-order valence-corrected chi connectivity index (χ3v) is 4.77. The Bertz CT molecular complexity index is 471. The number of carbonyl (C=O) groups is 1. The fourth-order valence-electron chi connectivity index (χ4n) is 3.65. The molecular weight excluding hydrogens is 238 g/mol. The summed E-state index contributed by atoms with van der Waals surface area (Å²) >= 11 is 0. The third kappa shape index (κ3) is 1.98. The van der Waals surface area contributed by atoms with Crippen LogP contribution in [-0.2, 0) is 6.54 Å². The number of aryl methyl sites for hydroxylation is 1. The minimum absolute atomic E-state index is 0.00935. The quantitative estimate of drug-likeness (QED) is 0.876. The van der Waals surface area contributed by atoms with Crippen molar-refractivity contribution in [3.05, 3.63) is 24.0 Å². The van der Waals surface area contributed by atoms with E-state index < -0.39 is 0 Å². The van der Waals surface area contributed by atoms with E-state index in [1.807, 2.05) is 29.8 Å². The van der Waals surface area contributed by atoms with Crippen molar-refractivity contribution >= 4 is 5.91 Å². The highest BCUT2D eigenvalue weighted by atomic mass is 16.2. The molecule has 0 bridgehead atoms. The average molecular weight is 263 g/mol. The standard InChI is InChI=1S/C15H25N3O/c1-6-18-9-7-8-10(18)11(19)17-13-14(2,3)12(16)15(13,4)5/h7-9,12-13H,6,16H2,1-5H3,(H,17,19). The molecule has 3 N–H and O–H groups in total. The van der Waals surface area contributed by atoms with Gasteiger partial charge in [0, 0.05) is 35.7 Å². The maximum Gasteiger partial charge on any atom is 0.268 e. The van der Waals surface area contributed by atoms with Crippen molar-refractivity contribution in [3.8, 4) is 0 Å². The largest absolute Gasteiger partial charge is 0.347 e. The molecule has 4 nitrogen and oxygen atoms in total. The lowest BCUT2D eigenvalue weighted by atomic mass is 9.48. The first-order valence-corrected chi connectivity index (χ1v) is 6.94. The third-order valence-electron chi connectivity index (χ3n) is 4.77. The zero-order chi connectivity index (χ0) is 14.4.